The molecule has 0 unspecified atom stereocenters. The number of aryl methyl sites for hydroxylation is 4. The van der Waals surface area contributed by atoms with E-state index >= 15 is 4.39 Å². The first-order valence-electron chi connectivity index (χ1n) is 12.9. The molecule has 0 bridgehead atoms. The molecule has 11 heteroatoms. The number of halogens is 1. The Bertz CT molecular complexity index is 1960. The Hall–Kier alpha value is -4.67. The molecule has 0 amide bonds. The quantitative estimate of drug-likeness (QED) is 0.355. The van der Waals surface area contributed by atoms with Gasteiger partial charge in [0.1, 0.15) is 11.5 Å². The molecular formula is C28H28FN9O. The maximum absolute atomic E-state index is 15.7. The Morgan fingerprint density at radius 2 is 1.85 bits per heavy atom. The topological polar surface area (TPSA) is 92.4 Å². The van der Waals surface area contributed by atoms with Crippen LogP contribution in [-0.4, -0.2) is 44.6 Å². The number of rotatable bonds is 6. The maximum atomic E-state index is 15.7. The SMILES string of the molecule is Cn1cc(-c2cc3nc(-c4cncn4C)n(-c4cc(NCC5CC5)c5c(c4)n(C)c(=O)n5C)c3cc2F)cn1. The van der Waals surface area contributed by atoms with E-state index in [0.717, 1.165) is 34.6 Å². The second-order valence-electron chi connectivity index (χ2n) is 10.5. The van der Waals surface area contributed by atoms with Crippen LogP contribution in [0.4, 0.5) is 10.1 Å². The van der Waals surface area contributed by atoms with E-state index in [-0.39, 0.29) is 11.5 Å². The Morgan fingerprint density at radius 1 is 1.03 bits per heavy atom. The van der Waals surface area contributed by atoms with Crippen LogP contribution in [0.2, 0.25) is 0 Å². The summed E-state index contributed by atoms with van der Waals surface area (Å²) in [6, 6.07) is 7.28. The first kappa shape index (κ1) is 23.4. The highest BCUT2D eigenvalue weighted by Crippen LogP contribution is 2.36. The summed E-state index contributed by atoms with van der Waals surface area (Å²) in [4.78, 5) is 22.2. The third kappa shape index (κ3) is 3.68. The summed E-state index contributed by atoms with van der Waals surface area (Å²) in [5.74, 6) is 0.901. The van der Waals surface area contributed by atoms with Gasteiger partial charge in [-0.2, -0.15) is 5.10 Å². The molecule has 0 radical (unpaired) electrons. The average Bonchev–Trinajstić information content (AvgIpc) is 3.18. The van der Waals surface area contributed by atoms with Crippen molar-refractivity contribution >= 4 is 27.8 Å². The van der Waals surface area contributed by atoms with Crippen LogP contribution in [0.5, 0.6) is 0 Å². The average molecular weight is 526 g/mol. The van der Waals surface area contributed by atoms with Crippen LogP contribution in [0.15, 0.2) is 54.0 Å². The number of aromatic nitrogens is 8. The van der Waals surface area contributed by atoms with Crippen LogP contribution in [0.25, 0.3) is 50.4 Å². The van der Waals surface area contributed by atoms with Crippen molar-refractivity contribution in [3.05, 3.63) is 65.5 Å². The predicted molar refractivity (Wildman–Crippen MR) is 148 cm³/mol. The second kappa shape index (κ2) is 8.42. The number of nitrogens with one attached hydrogen (secondary N) is 1. The molecule has 10 nitrogen and oxygen atoms in total. The molecule has 1 N–H and O–H groups in total. The van der Waals surface area contributed by atoms with Gasteiger partial charge < -0.3 is 9.88 Å². The number of nitrogens with zero attached hydrogens (tertiary/aromatic N) is 8. The second-order valence-corrected chi connectivity index (χ2v) is 10.5. The number of imidazole rings is 3. The van der Waals surface area contributed by atoms with Gasteiger partial charge in [-0.05, 0) is 37.0 Å². The summed E-state index contributed by atoms with van der Waals surface area (Å²) in [6.45, 7) is 0.837. The van der Waals surface area contributed by atoms with Crippen LogP contribution in [0, 0.1) is 11.7 Å². The van der Waals surface area contributed by atoms with E-state index in [4.69, 9.17) is 4.98 Å². The monoisotopic (exact) mass is 525 g/mol. The fourth-order valence-corrected chi connectivity index (χ4v) is 5.36. The highest BCUT2D eigenvalue weighted by Gasteiger charge is 2.24. The summed E-state index contributed by atoms with van der Waals surface area (Å²) < 4.78 is 24.4. The van der Waals surface area contributed by atoms with Gasteiger partial charge in [-0.3, -0.25) is 18.4 Å². The van der Waals surface area contributed by atoms with Gasteiger partial charge in [-0.15, -0.1) is 0 Å². The van der Waals surface area contributed by atoms with Gasteiger partial charge in [-0.25, -0.2) is 19.2 Å². The number of benzene rings is 2. The number of anilines is 1. The molecule has 0 aliphatic heterocycles. The molecule has 1 aliphatic carbocycles. The van der Waals surface area contributed by atoms with E-state index in [1.165, 1.54) is 18.9 Å². The summed E-state index contributed by atoms with van der Waals surface area (Å²) in [5.41, 5.74) is 6.30. The van der Waals surface area contributed by atoms with Crippen molar-refractivity contribution in [1.82, 2.24) is 38.0 Å². The van der Waals surface area contributed by atoms with Gasteiger partial charge in [0.25, 0.3) is 0 Å². The molecule has 1 aliphatic rings. The predicted octanol–water partition coefficient (Wildman–Crippen LogP) is 3.98. The highest BCUT2D eigenvalue weighted by molar-refractivity contribution is 5.94. The lowest BCUT2D eigenvalue weighted by Crippen LogP contribution is -2.19. The van der Waals surface area contributed by atoms with Gasteiger partial charge >= 0.3 is 5.69 Å². The summed E-state index contributed by atoms with van der Waals surface area (Å²) >= 11 is 0. The van der Waals surface area contributed by atoms with Crippen molar-refractivity contribution in [1.29, 1.82) is 0 Å². The minimum absolute atomic E-state index is 0.105. The normalized spacial score (nSPS) is 13.7. The van der Waals surface area contributed by atoms with Gasteiger partial charge in [0, 0.05) is 58.1 Å². The smallest absolute Gasteiger partial charge is 0.328 e. The Morgan fingerprint density at radius 3 is 2.54 bits per heavy atom. The van der Waals surface area contributed by atoms with E-state index in [0.29, 0.717) is 33.9 Å². The molecular weight excluding hydrogens is 497 g/mol. The van der Waals surface area contributed by atoms with Gasteiger partial charge in [0.2, 0.25) is 0 Å². The first-order chi connectivity index (χ1) is 18.8. The third-order valence-electron chi connectivity index (χ3n) is 7.69. The highest BCUT2D eigenvalue weighted by atomic mass is 19.1. The molecule has 1 saturated carbocycles. The molecule has 2 aromatic carbocycles. The minimum atomic E-state index is -0.367. The Labute approximate surface area is 222 Å². The zero-order valence-corrected chi connectivity index (χ0v) is 22.2. The fraction of sp³-hybridized carbons (Fsp3) is 0.286. The largest absolute Gasteiger partial charge is 0.383 e. The lowest BCUT2D eigenvalue weighted by molar-refractivity contribution is 0.632. The number of fused-ring (bicyclic) bond motifs is 2. The van der Waals surface area contributed by atoms with E-state index < -0.39 is 0 Å². The summed E-state index contributed by atoms with van der Waals surface area (Å²) in [5, 5.41) is 7.79. The lowest BCUT2D eigenvalue weighted by atomic mass is 10.1. The standard InChI is InChI=1S/C28H28FN9O/c1-34-15-30-13-25(34)27-33-21-9-19(17-12-32-35(2)14-17)20(29)10-23(21)38(27)18-7-22(31-11-16-5-6-16)26-24(8-18)36(3)28(39)37(26)4/h7-10,12-16,31H,5-6,11H2,1-4H3. The molecule has 0 saturated heterocycles. The molecule has 4 aromatic heterocycles. The molecule has 7 rings (SSSR count). The van der Waals surface area contributed by atoms with E-state index in [1.807, 2.05) is 28.3 Å². The Kier molecular flexibility index (Phi) is 5.06. The molecule has 6 aromatic rings. The van der Waals surface area contributed by atoms with Crippen molar-refractivity contribution in [2.24, 2.45) is 34.1 Å². The fourth-order valence-electron chi connectivity index (χ4n) is 5.36. The molecule has 39 heavy (non-hydrogen) atoms. The van der Waals surface area contributed by atoms with Crippen molar-refractivity contribution in [3.8, 4) is 28.3 Å². The zero-order chi connectivity index (χ0) is 27.0. The van der Waals surface area contributed by atoms with Gasteiger partial charge in [-0.1, -0.05) is 0 Å². The number of hydrogen-bond donors (Lipinski definition) is 1. The minimum Gasteiger partial charge on any atom is -0.383 e. The van der Waals surface area contributed by atoms with Crippen LogP contribution < -0.4 is 11.0 Å². The van der Waals surface area contributed by atoms with Crippen molar-refractivity contribution < 1.29 is 4.39 Å². The van der Waals surface area contributed by atoms with Crippen LogP contribution in [-0.2, 0) is 28.2 Å². The zero-order valence-electron chi connectivity index (χ0n) is 22.2. The summed E-state index contributed by atoms with van der Waals surface area (Å²) in [6.07, 6.45) is 9.31. The molecule has 198 valence electrons. The van der Waals surface area contributed by atoms with Crippen molar-refractivity contribution in [2.45, 2.75) is 12.8 Å². The van der Waals surface area contributed by atoms with Crippen molar-refractivity contribution in [3.63, 3.8) is 0 Å². The summed E-state index contributed by atoms with van der Waals surface area (Å²) in [7, 11) is 7.26. The first-order valence-corrected chi connectivity index (χ1v) is 12.9. The van der Waals surface area contributed by atoms with Crippen molar-refractivity contribution in [2.75, 3.05) is 11.9 Å². The van der Waals surface area contributed by atoms with Gasteiger partial charge in [0.15, 0.2) is 5.82 Å². The van der Waals surface area contributed by atoms with Crippen LogP contribution in [0.1, 0.15) is 12.8 Å². The molecule has 1 fully saturated rings. The van der Waals surface area contributed by atoms with Gasteiger partial charge in [0.05, 0.1) is 52.2 Å². The van der Waals surface area contributed by atoms with Crippen LogP contribution in [0.3, 0.4) is 0 Å². The Balaban J connectivity index is 1.52. The van der Waals surface area contributed by atoms with E-state index in [2.05, 4.69) is 15.4 Å². The van der Waals surface area contributed by atoms with Crippen LogP contribution >= 0.6 is 0 Å². The molecule has 0 atom stereocenters. The molecule has 0 spiro atoms. The number of hydrogen-bond acceptors (Lipinski definition) is 5. The molecule has 4 heterocycles. The lowest BCUT2D eigenvalue weighted by Gasteiger charge is -2.15. The third-order valence-corrected chi connectivity index (χ3v) is 7.69. The van der Waals surface area contributed by atoms with E-state index in [1.54, 1.807) is 65.9 Å². The maximum Gasteiger partial charge on any atom is 0.328 e. The van der Waals surface area contributed by atoms with E-state index in [9.17, 15) is 4.79 Å².